The summed E-state index contributed by atoms with van der Waals surface area (Å²) in [5.74, 6) is 2.77. The molecule has 2 heterocycles. The van der Waals surface area contributed by atoms with Crippen molar-refractivity contribution in [2.45, 2.75) is 39.5 Å². The molecule has 1 aliphatic carbocycles. The van der Waals surface area contributed by atoms with Crippen LogP contribution in [0.3, 0.4) is 0 Å². The maximum absolute atomic E-state index is 13.1. The summed E-state index contributed by atoms with van der Waals surface area (Å²) in [6, 6.07) is 9.56. The zero-order valence-corrected chi connectivity index (χ0v) is 22.5. The Kier molecular flexibility index (Phi) is 8.84. The zero-order valence-electron chi connectivity index (χ0n) is 22.5. The van der Waals surface area contributed by atoms with Crippen molar-refractivity contribution in [3.8, 4) is 22.8 Å². The van der Waals surface area contributed by atoms with Gasteiger partial charge in [0.05, 0.1) is 26.5 Å². The third kappa shape index (κ3) is 6.32. The first kappa shape index (κ1) is 26.7. The van der Waals surface area contributed by atoms with Gasteiger partial charge in [-0.2, -0.15) is 0 Å². The van der Waals surface area contributed by atoms with E-state index in [1.165, 1.54) is 0 Å². The third-order valence-electron chi connectivity index (χ3n) is 7.61. The van der Waals surface area contributed by atoms with Crippen molar-refractivity contribution in [2.24, 2.45) is 11.8 Å². The van der Waals surface area contributed by atoms with Gasteiger partial charge in [-0.25, -0.2) is 0 Å². The fraction of sp³-hybridized carbons (Fsp3) is 0.571. The van der Waals surface area contributed by atoms with Crippen molar-refractivity contribution < 1.29 is 19.1 Å². The van der Waals surface area contributed by atoms with Crippen LogP contribution in [-0.2, 0) is 9.59 Å². The molecule has 0 N–H and O–H groups in total. The van der Waals surface area contributed by atoms with E-state index in [1.54, 1.807) is 14.2 Å². The lowest BCUT2D eigenvalue weighted by atomic mass is 9.84. The number of carbonyl (C=O) groups excluding carboxylic acids is 2. The number of ether oxygens (including phenoxy) is 2. The summed E-state index contributed by atoms with van der Waals surface area (Å²) in [6.07, 6.45) is 4.01. The predicted molar refractivity (Wildman–Crippen MR) is 143 cm³/mol. The molecule has 0 bridgehead atoms. The predicted octanol–water partition coefficient (Wildman–Crippen LogP) is 3.48. The number of methoxy groups -OCH3 is 2. The minimum atomic E-state index is 0.0329. The minimum absolute atomic E-state index is 0.0329. The number of nitrogens with zero attached hydrogens (tertiary/aromatic N) is 5. The summed E-state index contributed by atoms with van der Waals surface area (Å²) in [5, 5.41) is 8.86. The molecule has 4 rings (SSSR count). The molecule has 2 fully saturated rings. The van der Waals surface area contributed by atoms with E-state index in [2.05, 4.69) is 28.9 Å². The first-order chi connectivity index (χ1) is 17.9. The van der Waals surface area contributed by atoms with Crippen LogP contribution >= 0.6 is 0 Å². The fourth-order valence-electron chi connectivity index (χ4n) is 4.74. The molecule has 0 spiro atoms. The smallest absolute Gasteiger partial charge is 0.242 e. The second kappa shape index (κ2) is 12.3. The normalized spacial score (nSPS) is 16.6. The Morgan fingerprint density at radius 3 is 2.32 bits per heavy atom. The molecule has 1 atom stereocenters. The third-order valence-corrected chi connectivity index (χ3v) is 7.61. The molecule has 200 valence electrons. The first-order valence-corrected chi connectivity index (χ1v) is 13.3. The lowest BCUT2D eigenvalue weighted by molar-refractivity contribution is -0.145. The number of benzene rings is 1. The summed E-state index contributed by atoms with van der Waals surface area (Å²) < 4.78 is 10.7. The summed E-state index contributed by atoms with van der Waals surface area (Å²) in [6.45, 7) is 7.66. The lowest BCUT2D eigenvalue weighted by Crippen LogP contribution is -2.53. The van der Waals surface area contributed by atoms with Crippen LogP contribution in [0.25, 0.3) is 11.3 Å². The van der Waals surface area contributed by atoms with Crippen LogP contribution in [-0.4, -0.2) is 85.3 Å². The van der Waals surface area contributed by atoms with Crippen LogP contribution < -0.4 is 14.4 Å². The van der Waals surface area contributed by atoms with E-state index in [0.717, 1.165) is 42.8 Å². The SMILES string of the molecule is CCC(C)CN(CC(=O)N1CCN(c2ccc(-c3ccc(OC)c(OC)c3)nn2)CC1)C(=O)C1CCC1. The van der Waals surface area contributed by atoms with Gasteiger partial charge < -0.3 is 24.2 Å². The van der Waals surface area contributed by atoms with E-state index in [1.807, 2.05) is 40.1 Å². The van der Waals surface area contributed by atoms with E-state index in [9.17, 15) is 9.59 Å². The number of rotatable bonds is 10. The van der Waals surface area contributed by atoms with E-state index in [4.69, 9.17) is 9.47 Å². The van der Waals surface area contributed by atoms with E-state index in [-0.39, 0.29) is 24.3 Å². The molecule has 37 heavy (non-hydrogen) atoms. The summed E-state index contributed by atoms with van der Waals surface area (Å²) in [7, 11) is 3.22. The summed E-state index contributed by atoms with van der Waals surface area (Å²) in [5.41, 5.74) is 1.64. The van der Waals surface area contributed by atoms with Crippen molar-refractivity contribution >= 4 is 17.6 Å². The maximum atomic E-state index is 13.1. The molecule has 2 aromatic rings. The molecule has 1 aromatic carbocycles. The van der Waals surface area contributed by atoms with Crippen LogP contribution in [0.1, 0.15) is 39.5 Å². The monoisotopic (exact) mass is 509 g/mol. The van der Waals surface area contributed by atoms with Crippen molar-refractivity contribution in [3.05, 3.63) is 30.3 Å². The van der Waals surface area contributed by atoms with Crippen LogP contribution in [0.15, 0.2) is 30.3 Å². The fourth-order valence-corrected chi connectivity index (χ4v) is 4.74. The van der Waals surface area contributed by atoms with Gasteiger partial charge in [0, 0.05) is 44.2 Å². The molecule has 1 unspecified atom stereocenters. The quantitative estimate of drug-likeness (QED) is 0.485. The molecular formula is C28H39N5O4. The molecule has 2 amide bonds. The van der Waals surface area contributed by atoms with Gasteiger partial charge in [0.1, 0.15) is 0 Å². The summed E-state index contributed by atoms with van der Waals surface area (Å²) in [4.78, 5) is 31.9. The van der Waals surface area contributed by atoms with Crippen molar-refractivity contribution in [3.63, 3.8) is 0 Å². The van der Waals surface area contributed by atoms with Crippen molar-refractivity contribution in [2.75, 3.05) is 58.4 Å². The Balaban J connectivity index is 1.33. The van der Waals surface area contributed by atoms with Gasteiger partial charge in [-0.05, 0) is 49.1 Å². The Hall–Kier alpha value is -3.36. The van der Waals surface area contributed by atoms with Gasteiger partial charge in [-0.15, -0.1) is 10.2 Å². The second-order valence-corrected chi connectivity index (χ2v) is 10.1. The van der Waals surface area contributed by atoms with Gasteiger partial charge in [0.25, 0.3) is 0 Å². The highest BCUT2D eigenvalue weighted by Gasteiger charge is 2.32. The topological polar surface area (TPSA) is 88.1 Å². The Morgan fingerprint density at radius 1 is 1.03 bits per heavy atom. The van der Waals surface area contributed by atoms with Crippen LogP contribution in [0.5, 0.6) is 11.5 Å². The Labute approximate surface area is 219 Å². The van der Waals surface area contributed by atoms with Crippen molar-refractivity contribution in [1.29, 1.82) is 0 Å². The van der Waals surface area contributed by atoms with Crippen LogP contribution in [0.2, 0.25) is 0 Å². The molecule has 1 saturated carbocycles. The highest BCUT2D eigenvalue weighted by atomic mass is 16.5. The minimum Gasteiger partial charge on any atom is -0.493 e. The Morgan fingerprint density at radius 2 is 1.76 bits per heavy atom. The van der Waals surface area contributed by atoms with E-state index < -0.39 is 0 Å². The number of aromatic nitrogens is 2. The number of anilines is 1. The number of amides is 2. The molecule has 1 aromatic heterocycles. The largest absolute Gasteiger partial charge is 0.493 e. The van der Waals surface area contributed by atoms with Crippen LogP contribution in [0.4, 0.5) is 5.82 Å². The zero-order chi connectivity index (χ0) is 26.4. The molecule has 9 heteroatoms. The van der Waals surface area contributed by atoms with E-state index in [0.29, 0.717) is 50.1 Å². The van der Waals surface area contributed by atoms with Gasteiger partial charge in [-0.3, -0.25) is 9.59 Å². The van der Waals surface area contributed by atoms with Gasteiger partial charge in [0.15, 0.2) is 17.3 Å². The molecule has 1 aliphatic heterocycles. The highest BCUT2D eigenvalue weighted by Crippen LogP contribution is 2.32. The van der Waals surface area contributed by atoms with Gasteiger partial charge >= 0.3 is 0 Å². The molecule has 0 radical (unpaired) electrons. The maximum Gasteiger partial charge on any atom is 0.242 e. The number of hydrogen-bond acceptors (Lipinski definition) is 7. The van der Waals surface area contributed by atoms with Crippen LogP contribution in [0, 0.1) is 11.8 Å². The lowest BCUT2D eigenvalue weighted by Gasteiger charge is -2.37. The average Bonchev–Trinajstić information content (AvgIpc) is 2.91. The molecule has 2 aliphatic rings. The molecule has 9 nitrogen and oxygen atoms in total. The average molecular weight is 510 g/mol. The number of carbonyl (C=O) groups is 2. The Bertz CT molecular complexity index is 1060. The number of piperazine rings is 1. The number of hydrogen-bond donors (Lipinski definition) is 0. The second-order valence-electron chi connectivity index (χ2n) is 10.1. The van der Waals surface area contributed by atoms with Gasteiger partial charge in [0.2, 0.25) is 11.8 Å². The van der Waals surface area contributed by atoms with E-state index >= 15 is 0 Å². The van der Waals surface area contributed by atoms with Crippen molar-refractivity contribution in [1.82, 2.24) is 20.0 Å². The first-order valence-electron chi connectivity index (χ1n) is 13.3. The standard InChI is InChI=1S/C28H39N5O4/c1-5-20(2)18-33(28(35)21-7-6-8-21)19-27(34)32-15-13-31(14-16-32)26-12-10-23(29-30-26)22-9-11-24(36-3)25(17-22)37-4/h9-12,17,20-21H,5-8,13-16,18-19H2,1-4H3. The molecular weight excluding hydrogens is 470 g/mol. The highest BCUT2D eigenvalue weighted by molar-refractivity contribution is 5.86. The molecule has 1 saturated heterocycles. The van der Waals surface area contributed by atoms with Gasteiger partial charge in [-0.1, -0.05) is 26.7 Å². The summed E-state index contributed by atoms with van der Waals surface area (Å²) >= 11 is 0.